The van der Waals surface area contributed by atoms with Gasteiger partial charge < -0.3 is 14.8 Å². The van der Waals surface area contributed by atoms with E-state index in [2.05, 4.69) is 5.32 Å². The number of halogens is 2. The van der Waals surface area contributed by atoms with Crippen LogP contribution in [0.1, 0.15) is 16.7 Å². The Kier molecular flexibility index (Phi) is 8.96. The fraction of sp³-hybridized carbons (Fsp3) is 0.292. The van der Waals surface area contributed by atoms with Crippen molar-refractivity contribution in [3.8, 4) is 5.75 Å². The Morgan fingerprint density at radius 2 is 1.81 bits per heavy atom. The number of aliphatic carboxylic acids is 1. The molecule has 0 aliphatic heterocycles. The molecule has 1 unspecified atom stereocenters. The molecule has 0 radical (unpaired) electrons. The Bertz CT molecular complexity index is 1400. The van der Waals surface area contributed by atoms with Crippen LogP contribution in [-0.2, 0) is 38.8 Å². The van der Waals surface area contributed by atoms with Crippen molar-refractivity contribution in [2.75, 3.05) is 19.1 Å². The highest BCUT2D eigenvalue weighted by molar-refractivity contribution is 7.89. The zero-order valence-electron chi connectivity index (χ0n) is 19.7. The van der Waals surface area contributed by atoms with Crippen LogP contribution in [0.25, 0.3) is 0 Å². The molecule has 1 aromatic heterocycles. The first-order valence-corrected chi connectivity index (χ1v) is 15.9. The lowest BCUT2D eigenvalue weighted by Crippen LogP contribution is -2.38. The fourth-order valence-corrected chi connectivity index (χ4v) is 6.71. The number of benzene rings is 2. The summed E-state index contributed by atoms with van der Waals surface area (Å²) in [5.74, 6) is -1.04. The van der Waals surface area contributed by atoms with Crippen molar-refractivity contribution in [3.05, 3.63) is 81.6 Å². The van der Waals surface area contributed by atoms with E-state index >= 15 is 0 Å². The lowest BCUT2D eigenvalue weighted by atomic mass is 10.1. The summed E-state index contributed by atoms with van der Waals surface area (Å²) in [7, 11) is -6.18. The van der Waals surface area contributed by atoms with E-state index in [-0.39, 0.29) is 18.7 Å². The zero-order chi connectivity index (χ0) is 26.7. The number of phenolic OH excluding ortho intramolecular Hbond substituents is 1. The van der Waals surface area contributed by atoms with Gasteiger partial charge in [-0.05, 0) is 61.0 Å². The molecular formula is C24H27Cl2N2O6PS. The van der Waals surface area contributed by atoms with Crippen LogP contribution in [0.2, 0.25) is 10.0 Å². The van der Waals surface area contributed by atoms with Crippen molar-refractivity contribution in [3.63, 3.8) is 0 Å². The minimum Gasteiger partial charge on any atom is -0.508 e. The number of carboxylic acid groups (broad SMARTS) is 1. The van der Waals surface area contributed by atoms with Gasteiger partial charge >= 0.3 is 5.97 Å². The van der Waals surface area contributed by atoms with Crippen LogP contribution in [0.3, 0.4) is 0 Å². The maximum absolute atomic E-state index is 13.1. The molecular weight excluding hydrogens is 546 g/mol. The van der Waals surface area contributed by atoms with Gasteiger partial charge in [-0.3, -0.25) is 14.1 Å². The Labute approximate surface area is 220 Å². The number of rotatable bonds is 11. The summed E-state index contributed by atoms with van der Waals surface area (Å²) < 4.78 is 37.5. The molecule has 3 aromatic rings. The number of aromatic nitrogens is 1. The van der Waals surface area contributed by atoms with Crippen molar-refractivity contribution in [2.45, 2.75) is 25.4 Å². The van der Waals surface area contributed by atoms with E-state index < -0.39 is 29.2 Å². The van der Waals surface area contributed by atoms with Gasteiger partial charge in [-0.2, -0.15) is 0 Å². The highest BCUT2D eigenvalue weighted by atomic mass is 35.5. The van der Waals surface area contributed by atoms with E-state index in [1.54, 1.807) is 37.0 Å². The number of phenols is 1. The van der Waals surface area contributed by atoms with Gasteiger partial charge in [0.2, 0.25) is 10.0 Å². The van der Waals surface area contributed by atoms with Crippen molar-refractivity contribution >= 4 is 51.6 Å². The van der Waals surface area contributed by atoms with E-state index in [4.69, 9.17) is 23.2 Å². The molecule has 36 heavy (non-hydrogen) atoms. The molecule has 0 spiro atoms. The zero-order valence-corrected chi connectivity index (χ0v) is 22.9. The molecule has 0 saturated carbocycles. The van der Waals surface area contributed by atoms with Crippen molar-refractivity contribution in [2.24, 2.45) is 0 Å². The quantitative estimate of drug-likeness (QED) is 0.297. The molecule has 0 amide bonds. The maximum atomic E-state index is 13.1. The largest absolute Gasteiger partial charge is 0.508 e. The fourth-order valence-electron chi connectivity index (χ4n) is 3.68. The summed E-state index contributed by atoms with van der Waals surface area (Å²) in [4.78, 5) is 11.8. The van der Waals surface area contributed by atoms with E-state index in [1.807, 2.05) is 0 Å². The monoisotopic (exact) mass is 572 g/mol. The number of aryl methyl sites for hydroxylation is 1. The van der Waals surface area contributed by atoms with E-state index in [1.165, 1.54) is 24.5 Å². The molecule has 194 valence electrons. The third-order valence-corrected chi connectivity index (χ3v) is 9.89. The predicted octanol–water partition coefficient (Wildman–Crippen LogP) is 3.95. The second kappa shape index (κ2) is 11.4. The molecule has 1 heterocycles. The van der Waals surface area contributed by atoms with Gasteiger partial charge in [0.15, 0.2) is 0 Å². The summed E-state index contributed by atoms with van der Waals surface area (Å²) in [6, 6.07) is 10.4. The molecule has 12 heteroatoms. The minimum atomic E-state index is -3.46. The van der Waals surface area contributed by atoms with Gasteiger partial charge in [-0.15, -0.1) is 0 Å². The summed E-state index contributed by atoms with van der Waals surface area (Å²) in [6.07, 6.45) is 4.67. The SMILES string of the molecule is CP(=O)(CCc1cc(Cl)c(CN[C@@H](Cc2ccn(S(C)(=O)=O)c2)C(=O)O)c(Cl)c1)c1cccc(O)c1. The average Bonchev–Trinajstić information content (AvgIpc) is 3.25. The molecule has 3 rings (SSSR count). The summed E-state index contributed by atoms with van der Waals surface area (Å²) >= 11 is 12.9. The normalized spacial score (nSPS) is 14.3. The first kappa shape index (κ1) is 28.3. The van der Waals surface area contributed by atoms with Crippen LogP contribution < -0.4 is 10.6 Å². The molecule has 2 atom stereocenters. The number of carbonyl (C=O) groups is 1. The topological polar surface area (TPSA) is 126 Å². The number of aromatic hydroxyl groups is 1. The predicted molar refractivity (Wildman–Crippen MR) is 143 cm³/mol. The van der Waals surface area contributed by atoms with Crippen LogP contribution in [0.5, 0.6) is 5.75 Å². The van der Waals surface area contributed by atoms with E-state index in [0.717, 1.165) is 15.8 Å². The molecule has 8 nitrogen and oxygen atoms in total. The molecule has 0 bridgehead atoms. The molecule has 0 aliphatic carbocycles. The number of carboxylic acids is 1. The molecule has 0 fully saturated rings. The van der Waals surface area contributed by atoms with Crippen LogP contribution in [-0.4, -0.2) is 53.7 Å². The Hall–Kier alpha value is -2.29. The standard InChI is InChI=1S/C24H27Cl2N2O6PS/c1-35(32,19-5-3-4-18(29)13-19)9-7-16-10-21(25)20(22(26)11-16)14-27-23(24(30)31)12-17-6-8-28(15-17)36(2,33)34/h3-6,8,10-11,13,15,23,27,29H,7,9,12,14H2,1-2H3,(H,30,31)/t23-,35?/m0/s1. The highest BCUT2D eigenvalue weighted by Gasteiger charge is 2.22. The second-order valence-electron chi connectivity index (χ2n) is 8.72. The number of hydrogen-bond acceptors (Lipinski definition) is 6. The van der Waals surface area contributed by atoms with Crippen LogP contribution >= 0.6 is 30.3 Å². The van der Waals surface area contributed by atoms with E-state index in [0.29, 0.717) is 39.1 Å². The first-order chi connectivity index (χ1) is 16.8. The van der Waals surface area contributed by atoms with Gasteiger partial charge in [0.1, 0.15) is 18.9 Å². The molecule has 0 aliphatic rings. The number of hydrogen-bond donors (Lipinski definition) is 3. The smallest absolute Gasteiger partial charge is 0.321 e. The van der Waals surface area contributed by atoms with Gasteiger partial charge in [-0.25, -0.2) is 8.42 Å². The summed E-state index contributed by atoms with van der Waals surface area (Å²) in [5, 5.41) is 23.5. The molecule has 0 saturated heterocycles. The third kappa shape index (κ3) is 7.37. The van der Waals surface area contributed by atoms with Gasteiger partial charge in [0, 0.05) is 46.0 Å². The highest BCUT2D eigenvalue weighted by Crippen LogP contribution is 2.41. The van der Waals surface area contributed by atoms with Gasteiger partial charge in [0.25, 0.3) is 0 Å². The molecule has 3 N–H and O–H groups in total. The third-order valence-electron chi connectivity index (χ3n) is 5.78. The first-order valence-electron chi connectivity index (χ1n) is 10.9. The maximum Gasteiger partial charge on any atom is 0.321 e. The van der Waals surface area contributed by atoms with Gasteiger partial charge in [0.05, 0.1) is 6.26 Å². The summed E-state index contributed by atoms with van der Waals surface area (Å²) in [5.41, 5.74) is 1.85. The Morgan fingerprint density at radius 1 is 1.14 bits per heavy atom. The van der Waals surface area contributed by atoms with Crippen LogP contribution in [0, 0.1) is 0 Å². The van der Waals surface area contributed by atoms with Crippen LogP contribution in [0.4, 0.5) is 0 Å². The second-order valence-corrected chi connectivity index (χ2v) is 14.6. The Morgan fingerprint density at radius 3 is 2.36 bits per heavy atom. The van der Waals surface area contributed by atoms with Crippen molar-refractivity contribution in [1.82, 2.24) is 9.29 Å². The average molecular weight is 573 g/mol. The van der Waals surface area contributed by atoms with Crippen molar-refractivity contribution in [1.29, 1.82) is 0 Å². The minimum absolute atomic E-state index is 0.0603. The number of nitrogens with one attached hydrogen (secondary N) is 1. The lowest BCUT2D eigenvalue weighted by molar-refractivity contribution is -0.139. The summed E-state index contributed by atoms with van der Waals surface area (Å²) in [6.45, 7) is 1.75. The van der Waals surface area contributed by atoms with Crippen LogP contribution in [0.15, 0.2) is 54.9 Å². The molecule has 2 aromatic carbocycles. The van der Waals surface area contributed by atoms with Crippen molar-refractivity contribution < 1.29 is 28.0 Å². The number of nitrogens with zero attached hydrogens (tertiary/aromatic N) is 1. The Balaban J connectivity index is 1.67. The van der Waals surface area contributed by atoms with E-state index in [9.17, 15) is 28.0 Å². The van der Waals surface area contributed by atoms with Gasteiger partial charge in [-0.1, -0.05) is 35.3 Å². The lowest BCUT2D eigenvalue weighted by Gasteiger charge is -2.17.